The van der Waals surface area contributed by atoms with Crippen molar-refractivity contribution < 1.29 is 49.1 Å². The minimum atomic E-state index is -5.35. The molecule has 37 heavy (non-hydrogen) atoms. The summed E-state index contributed by atoms with van der Waals surface area (Å²) in [5.74, 6) is -2.68. The quantitative estimate of drug-likeness (QED) is 0.421. The van der Waals surface area contributed by atoms with Crippen molar-refractivity contribution in [2.75, 3.05) is 37.6 Å². The number of benzene rings is 2. The molecule has 0 aromatic heterocycles. The summed E-state index contributed by atoms with van der Waals surface area (Å²) in [6, 6.07) is 2.16. The van der Waals surface area contributed by atoms with Crippen LogP contribution in [0.15, 0.2) is 24.3 Å². The van der Waals surface area contributed by atoms with Crippen LogP contribution in [0.2, 0.25) is 0 Å². The van der Waals surface area contributed by atoms with E-state index >= 15 is 0 Å². The Bertz CT molecular complexity index is 1190. The Morgan fingerprint density at radius 3 is 1.27 bits per heavy atom. The average molecular weight is 542 g/mol. The third-order valence-corrected chi connectivity index (χ3v) is 5.72. The number of hydrogen-bond donors (Lipinski definition) is 2. The maximum Gasteiger partial charge on any atom is 0.417 e. The summed E-state index contributed by atoms with van der Waals surface area (Å²) in [4.78, 5) is 27.4. The van der Waals surface area contributed by atoms with Gasteiger partial charge in [-0.05, 0) is 36.8 Å². The largest absolute Gasteiger partial charge is 0.417 e. The molecular weight excluding hydrogens is 523 g/mol. The number of carbonyl (C=O) groups excluding carboxylic acids is 2. The van der Waals surface area contributed by atoms with Crippen molar-refractivity contribution >= 4 is 23.2 Å². The molecule has 3 rings (SSSR count). The molecule has 2 amide bonds. The predicted octanol–water partition coefficient (Wildman–Crippen LogP) is 4.81. The van der Waals surface area contributed by atoms with Gasteiger partial charge in [0, 0.05) is 37.6 Å². The monoisotopic (exact) mass is 542 g/mol. The van der Waals surface area contributed by atoms with Crippen LogP contribution in [0.5, 0.6) is 0 Å². The first kappa shape index (κ1) is 27.9. The summed E-state index contributed by atoms with van der Waals surface area (Å²) in [6.45, 7) is -0.707. The number of alkyl halides is 9. The van der Waals surface area contributed by atoms with Gasteiger partial charge >= 0.3 is 18.5 Å². The smallest absolute Gasteiger partial charge is 0.399 e. The second kappa shape index (κ2) is 9.34. The molecule has 1 fully saturated rings. The van der Waals surface area contributed by atoms with Crippen LogP contribution >= 0.6 is 0 Å². The lowest BCUT2D eigenvalue weighted by atomic mass is 9.97. The van der Waals surface area contributed by atoms with Crippen molar-refractivity contribution in [1.29, 1.82) is 0 Å². The average Bonchev–Trinajstić information content (AvgIpc) is 2.75. The van der Waals surface area contributed by atoms with Crippen molar-refractivity contribution in [3.05, 3.63) is 57.6 Å². The van der Waals surface area contributed by atoms with Gasteiger partial charge in [0.15, 0.2) is 0 Å². The standard InChI is InChI=1S/C22H19F9N4O2/c1-10-6-11(32)7-13(20(23,24)25)16(10)18(36)34-2-4-35(5-3-34)19(37)17-14(21(26,27)28)8-12(33)9-15(17)22(29,30)31/h6-9H,2-5,32-33H2,1H3. The summed E-state index contributed by atoms with van der Waals surface area (Å²) in [5.41, 5.74) is 2.12. The zero-order valence-corrected chi connectivity index (χ0v) is 18.9. The number of hydrogen-bond acceptors (Lipinski definition) is 4. The first-order valence-corrected chi connectivity index (χ1v) is 10.5. The number of piperazine rings is 1. The molecule has 2 aromatic rings. The van der Waals surface area contributed by atoms with Gasteiger partial charge in [0.2, 0.25) is 0 Å². The highest BCUT2D eigenvalue weighted by atomic mass is 19.4. The third-order valence-electron chi connectivity index (χ3n) is 5.72. The Labute approximate surface area is 203 Å². The number of aryl methyl sites for hydroxylation is 1. The molecule has 15 heteroatoms. The van der Waals surface area contributed by atoms with Crippen molar-refractivity contribution in [2.24, 2.45) is 0 Å². The van der Waals surface area contributed by atoms with Crippen molar-refractivity contribution in [2.45, 2.75) is 25.5 Å². The van der Waals surface area contributed by atoms with Crippen LogP contribution in [0.3, 0.4) is 0 Å². The number of nitrogen functional groups attached to an aromatic ring is 2. The van der Waals surface area contributed by atoms with E-state index < -0.39 is 90.0 Å². The van der Waals surface area contributed by atoms with E-state index in [4.69, 9.17) is 11.5 Å². The van der Waals surface area contributed by atoms with Gasteiger partial charge in [-0.3, -0.25) is 9.59 Å². The molecule has 4 N–H and O–H groups in total. The molecule has 0 atom stereocenters. The van der Waals surface area contributed by atoms with E-state index in [-0.39, 0.29) is 23.4 Å². The highest BCUT2D eigenvalue weighted by Gasteiger charge is 2.45. The third kappa shape index (κ3) is 5.69. The van der Waals surface area contributed by atoms with Crippen molar-refractivity contribution in [1.82, 2.24) is 9.80 Å². The molecule has 1 heterocycles. The summed E-state index contributed by atoms with van der Waals surface area (Å²) < 4.78 is 122. The van der Waals surface area contributed by atoms with Gasteiger partial charge in [-0.25, -0.2) is 0 Å². The van der Waals surface area contributed by atoms with Gasteiger partial charge in [0.1, 0.15) is 0 Å². The lowest BCUT2D eigenvalue weighted by Gasteiger charge is -2.36. The highest BCUT2D eigenvalue weighted by molar-refractivity contribution is 6.00. The lowest BCUT2D eigenvalue weighted by molar-refractivity contribution is -0.144. The molecule has 2 aromatic carbocycles. The molecule has 1 aliphatic rings. The summed E-state index contributed by atoms with van der Waals surface area (Å²) in [6.07, 6.45) is -15.6. The molecule has 1 aliphatic heterocycles. The summed E-state index contributed by atoms with van der Waals surface area (Å²) in [5, 5.41) is 0. The molecule has 6 nitrogen and oxygen atoms in total. The van der Waals surface area contributed by atoms with E-state index in [9.17, 15) is 49.1 Å². The fourth-order valence-corrected chi connectivity index (χ4v) is 4.09. The van der Waals surface area contributed by atoms with Crippen LogP contribution in [0.1, 0.15) is 43.0 Å². The molecule has 0 saturated carbocycles. The van der Waals surface area contributed by atoms with Gasteiger partial charge < -0.3 is 21.3 Å². The highest BCUT2D eigenvalue weighted by Crippen LogP contribution is 2.42. The molecule has 202 valence electrons. The van der Waals surface area contributed by atoms with Gasteiger partial charge in [-0.2, -0.15) is 39.5 Å². The van der Waals surface area contributed by atoms with E-state index in [2.05, 4.69) is 0 Å². The van der Waals surface area contributed by atoms with Crippen LogP contribution < -0.4 is 11.5 Å². The first-order chi connectivity index (χ1) is 16.8. The zero-order valence-electron chi connectivity index (χ0n) is 18.9. The number of carbonyl (C=O) groups is 2. The fraction of sp³-hybridized carbons (Fsp3) is 0.364. The Morgan fingerprint density at radius 1 is 0.622 bits per heavy atom. The van der Waals surface area contributed by atoms with Gasteiger partial charge in [-0.1, -0.05) is 0 Å². The van der Waals surface area contributed by atoms with Gasteiger partial charge in [0.25, 0.3) is 11.8 Å². The van der Waals surface area contributed by atoms with Crippen LogP contribution in [-0.2, 0) is 18.5 Å². The lowest BCUT2D eigenvalue weighted by Crippen LogP contribution is -2.51. The van der Waals surface area contributed by atoms with E-state index in [0.29, 0.717) is 11.0 Å². The summed E-state index contributed by atoms with van der Waals surface area (Å²) >= 11 is 0. The Hall–Kier alpha value is -3.65. The van der Waals surface area contributed by atoms with Crippen molar-refractivity contribution in [3.8, 4) is 0 Å². The second-order valence-electron chi connectivity index (χ2n) is 8.33. The Morgan fingerprint density at radius 2 is 0.919 bits per heavy atom. The van der Waals surface area contributed by atoms with Crippen LogP contribution in [0.25, 0.3) is 0 Å². The van der Waals surface area contributed by atoms with E-state index in [1.807, 2.05) is 0 Å². The molecule has 0 spiro atoms. The van der Waals surface area contributed by atoms with Crippen LogP contribution in [0, 0.1) is 6.92 Å². The topological polar surface area (TPSA) is 92.7 Å². The zero-order chi connectivity index (χ0) is 28.1. The van der Waals surface area contributed by atoms with Crippen LogP contribution in [-0.4, -0.2) is 47.8 Å². The predicted molar refractivity (Wildman–Crippen MR) is 113 cm³/mol. The number of anilines is 2. The minimum Gasteiger partial charge on any atom is -0.399 e. The first-order valence-electron chi connectivity index (χ1n) is 10.5. The SMILES string of the molecule is Cc1cc(N)cc(C(F)(F)F)c1C(=O)N1CCN(C(=O)c2c(C(F)(F)F)cc(N)cc2C(F)(F)F)CC1. The Kier molecular flexibility index (Phi) is 7.05. The number of rotatable bonds is 2. The maximum atomic E-state index is 13.5. The van der Waals surface area contributed by atoms with E-state index in [1.165, 1.54) is 6.92 Å². The number of nitrogens with zero attached hydrogens (tertiary/aromatic N) is 2. The molecule has 0 radical (unpaired) electrons. The van der Waals surface area contributed by atoms with Gasteiger partial charge in [-0.15, -0.1) is 0 Å². The minimum absolute atomic E-state index is 0.0812. The maximum absolute atomic E-state index is 13.5. The number of nitrogens with two attached hydrogens (primary N) is 2. The molecule has 0 unspecified atom stereocenters. The normalized spacial score (nSPS) is 15.2. The molecular formula is C22H19F9N4O2. The Balaban J connectivity index is 1.92. The van der Waals surface area contributed by atoms with E-state index in [0.717, 1.165) is 11.0 Å². The fourth-order valence-electron chi connectivity index (χ4n) is 4.09. The van der Waals surface area contributed by atoms with Crippen LogP contribution in [0.4, 0.5) is 50.9 Å². The van der Waals surface area contributed by atoms with Crippen molar-refractivity contribution in [3.63, 3.8) is 0 Å². The molecule has 0 bridgehead atoms. The second-order valence-corrected chi connectivity index (χ2v) is 8.33. The van der Waals surface area contributed by atoms with E-state index in [1.54, 1.807) is 0 Å². The number of halogens is 9. The molecule has 1 saturated heterocycles. The van der Waals surface area contributed by atoms with Gasteiger partial charge in [0.05, 0.1) is 27.8 Å². The molecule has 0 aliphatic carbocycles. The number of amides is 2. The summed E-state index contributed by atoms with van der Waals surface area (Å²) in [7, 11) is 0.